The summed E-state index contributed by atoms with van der Waals surface area (Å²) in [6.07, 6.45) is -33.2. The number of aliphatic hydroxyl groups is 12. The first-order chi connectivity index (χ1) is 22.1. The maximum Gasteiger partial charge on any atom is 0.217 e. The van der Waals surface area contributed by atoms with Crippen molar-refractivity contribution in [2.75, 3.05) is 19.8 Å². The van der Waals surface area contributed by atoms with E-state index in [-0.39, 0.29) is 0 Å². The third-order valence-electron chi connectivity index (χ3n) is 8.57. The second-order valence-corrected chi connectivity index (χ2v) is 11.9. The monoisotopic (exact) mass is 691 g/mol. The van der Waals surface area contributed by atoms with Crippen LogP contribution in [0.5, 0.6) is 0 Å². The molecule has 0 aromatic carbocycles. The minimum Gasteiger partial charge on any atom is -0.394 e. The predicted molar refractivity (Wildman–Crippen MR) is 144 cm³/mol. The summed E-state index contributed by atoms with van der Waals surface area (Å²) in [6, 6.07) is -1.54. The highest BCUT2D eigenvalue weighted by atomic mass is 16.8. The van der Waals surface area contributed by atoms with Crippen molar-refractivity contribution >= 4 is 5.91 Å². The second-order valence-electron chi connectivity index (χ2n) is 11.9. The van der Waals surface area contributed by atoms with Crippen LogP contribution in [0.1, 0.15) is 13.8 Å². The number of hydrogen-bond donors (Lipinski definition) is 13. The molecule has 4 fully saturated rings. The van der Waals surface area contributed by atoms with E-state index < -0.39 is 148 Å². The second kappa shape index (κ2) is 16.2. The zero-order valence-electron chi connectivity index (χ0n) is 25.3. The Morgan fingerprint density at radius 2 is 1.06 bits per heavy atom. The van der Waals surface area contributed by atoms with Crippen molar-refractivity contribution in [2.45, 2.75) is 137 Å². The van der Waals surface area contributed by atoms with Gasteiger partial charge in [0.15, 0.2) is 25.2 Å². The van der Waals surface area contributed by atoms with E-state index in [4.69, 9.17) is 33.2 Å². The summed E-state index contributed by atoms with van der Waals surface area (Å²) in [5.74, 6) is -0.713. The van der Waals surface area contributed by atoms with E-state index in [2.05, 4.69) is 5.32 Å². The zero-order valence-corrected chi connectivity index (χ0v) is 25.3. The van der Waals surface area contributed by atoms with Gasteiger partial charge in [-0.1, -0.05) is 0 Å². The number of carbonyl (C=O) groups excluding carboxylic acids is 1. The number of hydrogen-bond acceptors (Lipinski definition) is 20. The molecule has 0 aliphatic carbocycles. The van der Waals surface area contributed by atoms with Gasteiger partial charge < -0.3 is 99.8 Å². The summed E-state index contributed by atoms with van der Waals surface area (Å²) in [4.78, 5) is 12.0. The average Bonchev–Trinajstić information content (AvgIpc) is 3.04. The largest absolute Gasteiger partial charge is 0.394 e. The third-order valence-corrected chi connectivity index (χ3v) is 8.57. The lowest BCUT2D eigenvalue weighted by atomic mass is 9.94. The Bertz CT molecular complexity index is 1010. The highest BCUT2D eigenvalue weighted by Crippen LogP contribution is 2.35. The highest BCUT2D eigenvalue weighted by molar-refractivity contribution is 5.73. The van der Waals surface area contributed by atoms with Crippen LogP contribution in [-0.2, 0) is 38.0 Å². The molecule has 0 aromatic heterocycles. The maximum atomic E-state index is 12.0. The van der Waals surface area contributed by atoms with E-state index in [0.717, 1.165) is 6.92 Å². The summed E-state index contributed by atoms with van der Waals surface area (Å²) < 4.78 is 39.5. The van der Waals surface area contributed by atoms with E-state index in [1.807, 2.05) is 0 Å². The van der Waals surface area contributed by atoms with E-state index in [1.54, 1.807) is 0 Å². The summed E-state index contributed by atoms with van der Waals surface area (Å²) in [7, 11) is 0. The van der Waals surface area contributed by atoms with Crippen LogP contribution in [0.15, 0.2) is 0 Å². The Balaban J connectivity index is 1.73. The molecule has 0 bridgehead atoms. The molecule has 21 nitrogen and oxygen atoms in total. The average molecular weight is 692 g/mol. The van der Waals surface area contributed by atoms with Crippen molar-refractivity contribution in [2.24, 2.45) is 0 Å². The maximum absolute atomic E-state index is 12.0. The number of amides is 1. The minimum atomic E-state index is -1.98. The molecule has 4 rings (SSSR count). The van der Waals surface area contributed by atoms with Crippen molar-refractivity contribution < 1.29 is 99.2 Å². The SMILES string of the molecule is CC(=O)N[C@H]1[C@@H](O[C@H]2[C@@H](O)[C@@H](CO)O[C@@H](O[C@H]3[C@@H](O)[C@@H](CO)OC(O)[C@@H]3O)[C@@H]2O[C@@H]2O[C@@H](C)[C@@H](O)[C@@H](O)[C@@H]2O)O[C@H](CO)[C@H](O)[C@@H]1O. The molecule has 1 unspecified atom stereocenters. The Labute approximate surface area is 267 Å². The van der Waals surface area contributed by atoms with E-state index in [1.165, 1.54) is 6.92 Å². The van der Waals surface area contributed by atoms with Crippen LogP contribution < -0.4 is 5.32 Å². The molecule has 47 heavy (non-hydrogen) atoms. The first-order valence-corrected chi connectivity index (χ1v) is 15.0. The number of nitrogens with one attached hydrogen (secondary N) is 1. The molecule has 20 atom stereocenters. The van der Waals surface area contributed by atoms with Crippen molar-refractivity contribution in [3.8, 4) is 0 Å². The fraction of sp³-hybridized carbons (Fsp3) is 0.962. The summed E-state index contributed by atoms with van der Waals surface area (Å²) in [5, 5.41) is 127. The molecule has 4 aliphatic rings. The van der Waals surface area contributed by atoms with Crippen molar-refractivity contribution in [3.63, 3.8) is 0 Å². The lowest BCUT2D eigenvalue weighted by Gasteiger charge is -2.50. The first-order valence-electron chi connectivity index (χ1n) is 15.0. The molecule has 1 amide bonds. The number of rotatable bonds is 10. The van der Waals surface area contributed by atoms with Gasteiger partial charge in [-0.15, -0.1) is 0 Å². The number of aliphatic hydroxyl groups excluding tert-OH is 12. The van der Waals surface area contributed by atoms with Crippen LogP contribution in [0, 0.1) is 0 Å². The van der Waals surface area contributed by atoms with Gasteiger partial charge in [0.05, 0.1) is 25.9 Å². The van der Waals surface area contributed by atoms with Crippen LogP contribution in [0.25, 0.3) is 0 Å². The van der Waals surface area contributed by atoms with Gasteiger partial charge in [0, 0.05) is 6.92 Å². The molecular weight excluding hydrogens is 646 g/mol. The van der Waals surface area contributed by atoms with E-state index in [9.17, 15) is 66.1 Å². The van der Waals surface area contributed by atoms with Crippen LogP contribution in [-0.4, -0.2) is 210 Å². The molecule has 0 spiro atoms. The van der Waals surface area contributed by atoms with Gasteiger partial charge in [-0.25, -0.2) is 0 Å². The molecule has 0 radical (unpaired) electrons. The Morgan fingerprint density at radius 1 is 0.553 bits per heavy atom. The molecule has 4 saturated heterocycles. The van der Waals surface area contributed by atoms with Gasteiger partial charge >= 0.3 is 0 Å². The first kappa shape index (κ1) is 38.5. The third kappa shape index (κ3) is 8.04. The number of ether oxygens (including phenoxy) is 7. The van der Waals surface area contributed by atoms with Crippen LogP contribution in [0.3, 0.4) is 0 Å². The van der Waals surface area contributed by atoms with Crippen molar-refractivity contribution in [1.82, 2.24) is 5.32 Å². The fourth-order valence-electron chi connectivity index (χ4n) is 5.86. The van der Waals surface area contributed by atoms with Crippen LogP contribution in [0.2, 0.25) is 0 Å². The van der Waals surface area contributed by atoms with Gasteiger partial charge in [-0.05, 0) is 6.92 Å². The smallest absolute Gasteiger partial charge is 0.217 e. The standard InChI is InChI=1S/C26H45NO20/c1-6-12(32)17(37)18(38)25(41-6)47-22-21(46-24-11(27-7(2)31)16(36)13(33)8(3-28)43-24)15(35)10(5-30)44-26(22)45-20-14(34)9(4-29)42-23(40)19(20)39/h6,8-26,28-30,32-40H,3-5H2,1-2H3,(H,27,31)/t6-,8+,9+,10+,11+,12+,13-,14-,15-,16+,17+,18-,19+,20-,21-,22+,23?,24+,25-,26-/m0/s1. The van der Waals surface area contributed by atoms with E-state index in [0.29, 0.717) is 0 Å². The van der Waals surface area contributed by atoms with Crippen LogP contribution >= 0.6 is 0 Å². The van der Waals surface area contributed by atoms with Gasteiger partial charge in [-0.3, -0.25) is 4.79 Å². The van der Waals surface area contributed by atoms with E-state index >= 15 is 0 Å². The molecule has 13 N–H and O–H groups in total. The van der Waals surface area contributed by atoms with Gasteiger partial charge in [0.25, 0.3) is 0 Å². The molecular formula is C26H45NO20. The quantitative estimate of drug-likeness (QED) is 0.101. The van der Waals surface area contributed by atoms with Gasteiger partial charge in [-0.2, -0.15) is 0 Å². The summed E-state index contributed by atoms with van der Waals surface area (Å²) >= 11 is 0. The summed E-state index contributed by atoms with van der Waals surface area (Å²) in [5.41, 5.74) is 0. The van der Waals surface area contributed by atoms with Crippen molar-refractivity contribution in [3.05, 3.63) is 0 Å². The normalized spacial score (nSPS) is 51.0. The molecule has 274 valence electrons. The zero-order chi connectivity index (χ0) is 34.9. The number of carbonyl (C=O) groups is 1. The lowest BCUT2D eigenvalue weighted by Crippen LogP contribution is -2.69. The topological polar surface area (TPSA) is 336 Å². The highest BCUT2D eigenvalue weighted by Gasteiger charge is 2.56. The van der Waals surface area contributed by atoms with Gasteiger partial charge in [0.1, 0.15) is 91.5 Å². The molecule has 4 heterocycles. The summed E-state index contributed by atoms with van der Waals surface area (Å²) in [6.45, 7) is -0.159. The Morgan fingerprint density at radius 3 is 1.66 bits per heavy atom. The molecule has 0 aromatic rings. The lowest BCUT2D eigenvalue weighted by molar-refractivity contribution is -0.400. The fourth-order valence-corrected chi connectivity index (χ4v) is 5.86. The minimum absolute atomic E-state index is 0.713. The van der Waals surface area contributed by atoms with Crippen LogP contribution in [0.4, 0.5) is 0 Å². The molecule has 0 saturated carbocycles. The van der Waals surface area contributed by atoms with Gasteiger partial charge in [0.2, 0.25) is 5.91 Å². The van der Waals surface area contributed by atoms with Crippen molar-refractivity contribution in [1.29, 1.82) is 0 Å². The Hall–Kier alpha value is -1.29. The molecule has 21 heteroatoms. The molecule has 4 aliphatic heterocycles. The predicted octanol–water partition coefficient (Wildman–Crippen LogP) is -8.58. The Kier molecular flexibility index (Phi) is 13.2.